The predicted molar refractivity (Wildman–Crippen MR) is 63.7 cm³/mol. The number of rotatable bonds is 0. The zero-order valence-corrected chi connectivity index (χ0v) is 9.39. The molecule has 0 aliphatic heterocycles. The number of aromatic nitrogens is 3. The van der Waals surface area contributed by atoms with E-state index in [2.05, 4.69) is 9.97 Å². The molecule has 17 heavy (non-hydrogen) atoms. The molecule has 0 saturated carbocycles. The van der Waals surface area contributed by atoms with E-state index in [1.54, 1.807) is 36.4 Å². The molecule has 0 aliphatic rings. The maximum absolute atomic E-state index is 11.8. The van der Waals surface area contributed by atoms with Crippen LogP contribution in [0.15, 0.2) is 27.8 Å². The summed E-state index contributed by atoms with van der Waals surface area (Å²) in [5.74, 6) is 1.09. The molecule has 2 aromatic heterocycles. The molecule has 5 nitrogen and oxygen atoms in total. The minimum absolute atomic E-state index is 0.307. The van der Waals surface area contributed by atoms with Gasteiger partial charge >= 0.3 is 0 Å². The van der Waals surface area contributed by atoms with Gasteiger partial charge in [-0.1, -0.05) is 6.07 Å². The molecule has 0 saturated heterocycles. The van der Waals surface area contributed by atoms with Crippen LogP contribution >= 0.6 is 0 Å². The van der Waals surface area contributed by atoms with Gasteiger partial charge in [0.15, 0.2) is 0 Å². The highest BCUT2D eigenvalue weighted by atomic mass is 16.1. The Hall–Kier alpha value is -2.30. The van der Waals surface area contributed by atoms with Crippen LogP contribution in [0.5, 0.6) is 0 Å². The van der Waals surface area contributed by atoms with Crippen LogP contribution in [0, 0.1) is 13.8 Å². The van der Waals surface area contributed by atoms with Crippen LogP contribution in [-0.2, 0) is 0 Å². The lowest BCUT2D eigenvalue weighted by Gasteiger charge is -2.10. The molecule has 1 aromatic carbocycles. The lowest BCUT2D eigenvalue weighted by Crippen LogP contribution is -2.20. The van der Waals surface area contributed by atoms with Crippen molar-refractivity contribution in [2.75, 3.05) is 0 Å². The lowest BCUT2D eigenvalue weighted by atomic mass is 10.1. The summed E-state index contributed by atoms with van der Waals surface area (Å²) in [5, 5.41) is 0.909. The molecule has 0 atom stereocenters. The highest BCUT2D eigenvalue weighted by Crippen LogP contribution is 2.16. The first-order chi connectivity index (χ1) is 8.09. The molecule has 0 N–H and O–H groups in total. The van der Waals surface area contributed by atoms with Crippen molar-refractivity contribution in [2.45, 2.75) is 13.8 Å². The summed E-state index contributed by atoms with van der Waals surface area (Å²) >= 11 is 0. The van der Waals surface area contributed by atoms with Crippen molar-refractivity contribution in [1.82, 2.24) is 14.4 Å². The van der Waals surface area contributed by atoms with Crippen LogP contribution in [0.4, 0.5) is 0 Å². The van der Waals surface area contributed by atoms with Gasteiger partial charge in [-0.3, -0.25) is 14.0 Å². The maximum Gasteiger partial charge on any atom is 0.280 e. The largest absolute Gasteiger partial charge is 0.285 e. The van der Waals surface area contributed by atoms with Gasteiger partial charge in [0, 0.05) is 0 Å². The average molecular weight is 227 g/mol. The van der Waals surface area contributed by atoms with Gasteiger partial charge in [0.25, 0.3) is 11.1 Å². The number of aryl methyl sites for hydroxylation is 2. The third-order valence-electron chi connectivity index (χ3n) is 2.89. The topological polar surface area (TPSA) is 64.3 Å². The second-order valence-electron chi connectivity index (χ2n) is 3.97. The van der Waals surface area contributed by atoms with Crippen LogP contribution in [-0.4, -0.2) is 14.4 Å². The lowest BCUT2D eigenvalue weighted by molar-refractivity contribution is 0.885. The number of benzene rings is 1. The molecule has 3 rings (SSSR count). The van der Waals surface area contributed by atoms with E-state index in [1.165, 1.54) is 0 Å². The van der Waals surface area contributed by atoms with E-state index >= 15 is 0 Å². The van der Waals surface area contributed by atoms with Crippen molar-refractivity contribution in [3.8, 4) is 0 Å². The van der Waals surface area contributed by atoms with Gasteiger partial charge in [0.2, 0.25) is 0 Å². The minimum Gasteiger partial charge on any atom is -0.285 e. The molecule has 0 unspecified atom stereocenters. The first-order valence-electron chi connectivity index (χ1n) is 5.22. The van der Waals surface area contributed by atoms with Crippen molar-refractivity contribution >= 4 is 16.3 Å². The summed E-state index contributed by atoms with van der Waals surface area (Å²) in [6.45, 7) is 3.46. The van der Waals surface area contributed by atoms with E-state index < -0.39 is 0 Å². The molecule has 84 valence electrons. The molecule has 0 bridgehead atoms. The zero-order chi connectivity index (χ0) is 12.2. The second kappa shape index (κ2) is 3.10. The van der Waals surface area contributed by atoms with Crippen LogP contribution in [0.2, 0.25) is 0 Å². The standard InChI is InChI=1S/C12H9N3O2/c1-6-13-11(16)8-4-3-5-9-10(8)15(6)7(2)14-12(9)17/h3-5H,1-2H3. The third-order valence-corrected chi connectivity index (χ3v) is 2.89. The van der Waals surface area contributed by atoms with Gasteiger partial charge in [-0.2, -0.15) is 9.97 Å². The molecule has 3 aromatic rings. The van der Waals surface area contributed by atoms with Crippen LogP contribution in [0.1, 0.15) is 11.6 Å². The van der Waals surface area contributed by atoms with Crippen molar-refractivity contribution in [2.24, 2.45) is 0 Å². The fourth-order valence-electron chi connectivity index (χ4n) is 2.20. The highest BCUT2D eigenvalue weighted by molar-refractivity contribution is 5.94. The smallest absolute Gasteiger partial charge is 0.280 e. The Labute approximate surface area is 95.7 Å². The molecule has 0 radical (unpaired) electrons. The first kappa shape index (κ1) is 9.89. The van der Waals surface area contributed by atoms with Gasteiger partial charge in [0.1, 0.15) is 11.6 Å². The maximum atomic E-state index is 11.8. The second-order valence-corrected chi connectivity index (χ2v) is 3.97. The van der Waals surface area contributed by atoms with Gasteiger partial charge in [-0.05, 0) is 26.0 Å². The summed E-state index contributed by atoms with van der Waals surface area (Å²) in [4.78, 5) is 31.4. The minimum atomic E-state index is -0.307. The van der Waals surface area contributed by atoms with Crippen LogP contribution in [0.3, 0.4) is 0 Å². The fraction of sp³-hybridized carbons (Fsp3) is 0.167. The Morgan fingerprint density at radius 2 is 1.41 bits per heavy atom. The first-order valence-corrected chi connectivity index (χ1v) is 5.22. The number of nitrogens with zero attached hydrogens (tertiary/aromatic N) is 3. The van der Waals surface area contributed by atoms with E-state index in [0.29, 0.717) is 27.9 Å². The van der Waals surface area contributed by atoms with Crippen LogP contribution in [0.25, 0.3) is 16.3 Å². The van der Waals surface area contributed by atoms with Crippen molar-refractivity contribution in [3.63, 3.8) is 0 Å². The Morgan fingerprint density at radius 3 is 1.88 bits per heavy atom. The molecule has 0 spiro atoms. The van der Waals surface area contributed by atoms with E-state index in [-0.39, 0.29) is 11.1 Å². The monoisotopic (exact) mass is 227 g/mol. The van der Waals surface area contributed by atoms with Gasteiger partial charge in [0.05, 0.1) is 16.3 Å². The zero-order valence-electron chi connectivity index (χ0n) is 9.39. The Kier molecular flexibility index (Phi) is 1.80. The van der Waals surface area contributed by atoms with Gasteiger partial charge in [-0.15, -0.1) is 0 Å². The molecular weight excluding hydrogens is 218 g/mol. The Morgan fingerprint density at radius 1 is 0.941 bits per heavy atom. The number of para-hydroxylation sites is 1. The number of hydrogen-bond acceptors (Lipinski definition) is 4. The SMILES string of the molecule is Cc1nc(=O)c2cccc3c(=O)nc(C)n1c23. The third kappa shape index (κ3) is 1.19. The normalized spacial score (nSPS) is 11.4. The molecule has 2 heterocycles. The Bertz CT molecular complexity index is 786. The summed E-state index contributed by atoms with van der Waals surface area (Å²) in [7, 11) is 0. The van der Waals surface area contributed by atoms with Gasteiger partial charge in [-0.25, -0.2) is 0 Å². The van der Waals surface area contributed by atoms with Crippen molar-refractivity contribution in [1.29, 1.82) is 0 Å². The molecule has 0 aliphatic carbocycles. The summed E-state index contributed by atoms with van der Waals surface area (Å²) < 4.78 is 1.74. The fourth-order valence-corrected chi connectivity index (χ4v) is 2.20. The van der Waals surface area contributed by atoms with Gasteiger partial charge < -0.3 is 0 Å². The van der Waals surface area contributed by atoms with E-state index in [1.807, 2.05) is 0 Å². The quantitative estimate of drug-likeness (QED) is 0.566. The van der Waals surface area contributed by atoms with E-state index in [4.69, 9.17) is 0 Å². The van der Waals surface area contributed by atoms with Crippen molar-refractivity contribution in [3.05, 3.63) is 50.6 Å². The molecule has 0 fully saturated rings. The Balaban J connectivity index is 2.86. The summed E-state index contributed by atoms with van der Waals surface area (Å²) in [5.41, 5.74) is -0.00120. The average Bonchev–Trinajstić information content (AvgIpc) is 2.27. The van der Waals surface area contributed by atoms with E-state index in [0.717, 1.165) is 0 Å². The van der Waals surface area contributed by atoms with E-state index in [9.17, 15) is 9.59 Å². The van der Waals surface area contributed by atoms with Crippen molar-refractivity contribution < 1.29 is 0 Å². The molecule has 5 heteroatoms. The molecular formula is C12H9N3O2. The van der Waals surface area contributed by atoms with Crippen LogP contribution < -0.4 is 11.1 Å². The molecule has 0 amide bonds. The highest BCUT2D eigenvalue weighted by Gasteiger charge is 2.12. The summed E-state index contributed by atoms with van der Waals surface area (Å²) in [6, 6.07) is 5.03. The number of hydrogen-bond donors (Lipinski definition) is 0. The predicted octanol–water partition coefficient (Wildman–Crippen LogP) is 0.658. The summed E-state index contributed by atoms with van der Waals surface area (Å²) in [6.07, 6.45) is 0.